The lowest BCUT2D eigenvalue weighted by Gasteiger charge is -2.26. The molecule has 0 fully saturated rings. The van der Waals surface area contributed by atoms with Crippen LogP contribution in [0.25, 0.3) is 0 Å². The highest BCUT2D eigenvalue weighted by molar-refractivity contribution is 6.38. The Bertz CT molecular complexity index is 513. The topological polar surface area (TPSA) is 89.7 Å². The first-order valence-corrected chi connectivity index (χ1v) is 5.45. The summed E-state index contributed by atoms with van der Waals surface area (Å²) in [5, 5.41) is 0. The van der Waals surface area contributed by atoms with Gasteiger partial charge in [-0.15, -0.1) is 0 Å². The van der Waals surface area contributed by atoms with Crippen LogP contribution in [-0.4, -0.2) is 31.3 Å². The first-order chi connectivity index (χ1) is 8.67. The predicted molar refractivity (Wildman–Crippen MR) is 63.3 cm³/mol. The van der Waals surface area contributed by atoms with Crippen LogP contribution in [0, 0.1) is 0 Å². The Balaban J connectivity index is 2.46. The van der Waals surface area contributed by atoms with Crippen molar-refractivity contribution < 1.29 is 19.1 Å². The minimum Gasteiger partial charge on any atom is -0.482 e. The smallest absolute Gasteiger partial charge is 0.298 e. The molecule has 1 aliphatic rings. The van der Waals surface area contributed by atoms with Crippen LogP contribution in [0.1, 0.15) is 5.56 Å². The van der Waals surface area contributed by atoms with Gasteiger partial charge < -0.3 is 10.5 Å². The maximum absolute atomic E-state index is 11.6. The number of benzene rings is 1. The van der Waals surface area contributed by atoms with Crippen LogP contribution >= 0.6 is 0 Å². The molecule has 0 bridgehead atoms. The Kier molecular flexibility index (Phi) is 3.38. The summed E-state index contributed by atoms with van der Waals surface area (Å²) < 4.78 is 5.20. The lowest BCUT2D eigenvalue weighted by atomic mass is 10.1. The highest BCUT2D eigenvalue weighted by Gasteiger charge is 2.30. The lowest BCUT2D eigenvalue weighted by molar-refractivity contribution is -0.134. The molecule has 1 heterocycles. The maximum Gasteiger partial charge on any atom is 0.298 e. The fraction of sp³-hybridized carbons (Fsp3) is 0.250. The first kappa shape index (κ1) is 12.3. The van der Waals surface area contributed by atoms with Gasteiger partial charge in [0.05, 0.1) is 5.69 Å². The minimum atomic E-state index is -0.894. The Morgan fingerprint density at radius 1 is 1.50 bits per heavy atom. The normalized spacial score (nSPS) is 13.8. The molecule has 1 aromatic rings. The molecule has 6 heteroatoms. The van der Waals surface area contributed by atoms with E-state index in [0.29, 0.717) is 24.4 Å². The molecule has 2 rings (SSSR count). The molecular weight excluding hydrogens is 236 g/mol. The number of carbonyl (C=O) groups excluding carboxylic acids is 3. The van der Waals surface area contributed by atoms with Gasteiger partial charge in [-0.1, -0.05) is 6.07 Å². The SMILES string of the molecule is NCCc1ccc2c(c1)N(C(=O)C=O)C(=O)CO2. The minimum absolute atomic E-state index is 0.114. The number of rotatable bonds is 3. The summed E-state index contributed by atoms with van der Waals surface area (Å²) in [6.45, 7) is 0.206. The summed E-state index contributed by atoms with van der Waals surface area (Å²) in [4.78, 5) is 34.5. The van der Waals surface area contributed by atoms with Crippen molar-refractivity contribution in [3.05, 3.63) is 23.8 Å². The van der Waals surface area contributed by atoms with Gasteiger partial charge in [-0.2, -0.15) is 0 Å². The Morgan fingerprint density at radius 3 is 2.94 bits per heavy atom. The highest BCUT2D eigenvalue weighted by Crippen LogP contribution is 2.32. The zero-order chi connectivity index (χ0) is 13.1. The molecule has 18 heavy (non-hydrogen) atoms. The van der Waals surface area contributed by atoms with Gasteiger partial charge in [-0.25, -0.2) is 4.90 Å². The molecule has 2 amide bonds. The van der Waals surface area contributed by atoms with E-state index in [-0.39, 0.29) is 12.9 Å². The molecule has 0 radical (unpaired) electrons. The van der Waals surface area contributed by atoms with Crippen LogP contribution in [0.4, 0.5) is 5.69 Å². The third-order valence-electron chi connectivity index (χ3n) is 2.62. The number of imide groups is 1. The van der Waals surface area contributed by atoms with Gasteiger partial charge in [0.1, 0.15) is 5.75 Å². The van der Waals surface area contributed by atoms with Crippen molar-refractivity contribution in [1.29, 1.82) is 0 Å². The van der Waals surface area contributed by atoms with E-state index in [9.17, 15) is 14.4 Å². The van der Waals surface area contributed by atoms with Crippen LogP contribution < -0.4 is 15.4 Å². The molecular formula is C12H12N2O4. The Morgan fingerprint density at radius 2 is 2.28 bits per heavy atom. The van der Waals surface area contributed by atoms with Crippen LogP contribution in [-0.2, 0) is 20.8 Å². The molecule has 2 N–H and O–H groups in total. The molecule has 1 aliphatic heterocycles. The number of fused-ring (bicyclic) bond motifs is 1. The second kappa shape index (κ2) is 4.97. The standard InChI is InChI=1S/C12H12N2O4/c13-4-3-8-1-2-10-9(5-8)14(11(16)6-15)12(17)7-18-10/h1-2,5-6H,3-4,7,13H2. The van der Waals surface area contributed by atoms with Gasteiger partial charge >= 0.3 is 0 Å². The molecule has 0 unspecified atom stereocenters. The quantitative estimate of drug-likeness (QED) is 0.582. The number of ether oxygens (including phenoxy) is 1. The number of aldehydes is 1. The highest BCUT2D eigenvalue weighted by atomic mass is 16.5. The zero-order valence-electron chi connectivity index (χ0n) is 9.59. The van der Waals surface area contributed by atoms with E-state index < -0.39 is 11.8 Å². The van der Waals surface area contributed by atoms with Gasteiger partial charge in [0, 0.05) is 0 Å². The van der Waals surface area contributed by atoms with Gasteiger partial charge in [0.2, 0.25) is 6.29 Å². The number of anilines is 1. The molecule has 94 valence electrons. The average Bonchev–Trinajstić information content (AvgIpc) is 2.38. The number of nitrogens with zero attached hydrogens (tertiary/aromatic N) is 1. The maximum atomic E-state index is 11.6. The number of amides is 2. The van der Waals surface area contributed by atoms with Gasteiger partial charge in [-0.05, 0) is 30.7 Å². The van der Waals surface area contributed by atoms with E-state index in [1.807, 2.05) is 6.07 Å². The molecule has 0 saturated carbocycles. The predicted octanol–water partition coefficient (Wildman–Crippen LogP) is -0.361. The molecule has 0 aliphatic carbocycles. The van der Waals surface area contributed by atoms with Gasteiger partial charge in [0.15, 0.2) is 6.61 Å². The second-order valence-electron chi connectivity index (χ2n) is 3.81. The van der Waals surface area contributed by atoms with Crippen molar-refractivity contribution in [2.24, 2.45) is 5.73 Å². The Labute approximate surface area is 103 Å². The zero-order valence-corrected chi connectivity index (χ0v) is 9.59. The molecule has 0 atom stereocenters. The second-order valence-corrected chi connectivity index (χ2v) is 3.81. The van der Waals surface area contributed by atoms with Crippen molar-refractivity contribution >= 4 is 23.8 Å². The fourth-order valence-corrected chi connectivity index (χ4v) is 1.81. The average molecular weight is 248 g/mol. The van der Waals surface area contributed by atoms with Gasteiger partial charge in [0.25, 0.3) is 11.8 Å². The Hall–Kier alpha value is -2.21. The summed E-state index contributed by atoms with van der Waals surface area (Å²) in [5.41, 5.74) is 6.62. The monoisotopic (exact) mass is 248 g/mol. The summed E-state index contributed by atoms with van der Waals surface area (Å²) in [6, 6.07) is 5.11. The fourth-order valence-electron chi connectivity index (χ4n) is 1.81. The van der Waals surface area contributed by atoms with Crippen LogP contribution in [0.3, 0.4) is 0 Å². The molecule has 0 saturated heterocycles. The van der Waals surface area contributed by atoms with E-state index in [4.69, 9.17) is 10.5 Å². The summed E-state index contributed by atoms with van der Waals surface area (Å²) in [6.07, 6.45) is 0.729. The van der Waals surface area contributed by atoms with E-state index >= 15 is 0 Å². The summed E-state index contributed by atoms with van der Waals surface area (Å²) in [5.74, 6) is -1.04. The van der Waals surface area contributed by atoms with Crippen molar-refractivity contribution in [2.45, 2.75) is 6.42 Å². The van der Waals surface area contributed by atoms with Crippen molar-refractivity contribution in [1.82, 2.24) is 0 Å². The largest absolute Gasteiger partial charge is 0.482 e. The van der Waals surface area contributed by atoms with Crippen molar-refractivity contribution in [2.75, 3.05) is 18.1 Å². The van der Waals surface area contributed by atoms with Crippen LogP contribution in [0.5, 0.6) is 5.75 Å². The first-order valence-electron chi connectivity index (χ1n) is 5.45. The van der Waals surface area contributed by atoms with E-state index in [0.717, 1.165) is 10.5 Å². The van der Waals surface area contributed by atoms with E-state index in [2.05, 4.69) is 0 Å². The molecule has 0 spiro atoms. The lowest BCUT2D eigenvalue weighted by Crippen LogP contribution is -2.43. The van der Waals surface area contributed by atoms with Crippen LogP contribution in [0.2, 0.25) is 0 Å². The summed E-state index contributed by atoms with van der Waals surface area (Å²) >= 11 is 0. The number of nitrogens with two attached hydrogens (primary N) is 1. The molecule has 1 aromatic carbocycles. The third kappa shape index (κ3) is 2.10. The van der Waals surface area contributed by atoms with Crippen molar-refractivity contribution in [3.63, 3.8) is 0 Å². The number of carbonyl (C=O) groups is 3. The van der Waals surface area contributed by atoms with E-state index in [1.54, 1.807) is 12.1 Å². The van der Waals surface area contributed by atoms with E-state index in [1.165, 1.54) is 0 Å². The molecule has 6 nitrogen and oxygen atoms in total. The van der Waals surface area contributed by atoms with Gasteiger partial charge in [-0.3, -0.25) is 14.4 Å². The molecule has 0 aromatic heterocycles. The third-order valence-corrected chi connectivity index (χ3v) is 2.62. The van der Waals surface area contributed by atoms with Crippen LogP contribution in [0.15, 0.2) is 18.2 Å². The number of hydrogen-bond donors (Lipinski definition) is 1. The van der Waals surface area contributed by atoms with Crippen molar-refractivity contribution in [3.8, 4) is 5.75 Å². The summed E-state index contributed by atoms with van der Waals surface area (Å²) in [7, 11) is 0. The number of hydrogen-bond acceptors (Lipinski definition) is 5.